The molecule has 188 valence electrons. The Bertz CT molecular complexity index is 1250. The van der Waals surface area contributed by atoms with Gasteiger partial charge < -0.3 is 14.9 Å². The Hall–Kier alpha value is -3.89. The lowest BCUT2D eigenvalue weighted by Crippen LogP contribution is -2.66. The van der Waals surface area contributed by atoms with Crippen molar-refractivity contribution >= 4 is 6.03 Å². The molecule has 0 aromatic heterocycles. The maximum absolute atomic E-state index is 14.2. The van der Waals surface area contributed by atoms with Crippen molar-refractivity contribution in [3.05, 3.63) is 144 Å². The number of aliphatic hydroxyl groups is 1. The van der Waals surface area contributed by atoms with Crippen LogP contribution in [0.2, 0.25) is 0 Å². The van der Waals surface area contributed by atoms with Gasteiger partial charge in [-0.1, -0.05) is 121 Å². The van der Waals surface area contributed by atoms with Gasteiger partial charge in [0.05, 0.1) is 18.2 Å². The summed E-state index contributed by atoms with van der Waals surface area (Å²) in [4.78, 5) is 18.0. The summed E-state index contributed by atoms with van der Waals surface area (Å²) in [6, 6.07) is 40.0. The van der Waals surface area contributed by atoms with Crippen molar-refractivity contribution in [2.45, 2.75) is 50.5 Å². The maximum atomic E-state index is 14.2. The average Bonchev–Trinajstić information content (AvgIpc) is 2.95. The molecule has 4 heteroatoms. The third-order valence-corrected chi connectivity index (χ3v) is 7.33. The number of rotatable bonds is 9. The Morgan fingerprint density at radius 3 is 1.43 bits per heavy atom. The zero-order chi connectivity index (χ0) is 25.5. The molecule has 4 nitrogen and oxygen atoms in total. The number of benzene rings is 4. The monoisotopic (exact) mass is 490 g/mol. The highest BCUT2D eigenvalue weighted by atomic mass is 16.3. The standard InChI is InChI=1S/C33H34N2O2/c36-32-30(22-21-26-13-5-1-6-14-26)34(24-28-17-9-3-10-18-28)33(37)35(25-29-19-11-4-12-20-29)31(32)23-27-15-7-2-8-16-27/h1-20,30-32,36H,21-25H2/t30-,31-,32-/m1/s1. The molecular weight excluding hydrogens is 456 g/mol. The summed E-state index contributed by atoms with van der Waals surface area (Å²) in [5, 5.41) is 11.9. The summed E-state index contributed by atoms with van der Waals surface area (Å²) in [6.07, 6.45) is 1.43. The van der Waals surface area contributed by atoms with E-state index in [1.807, 2.05) is 107 Å². The van der Waals surface area contributed by atoms with Gasteiger partial charge in [0.1, 0.15) is 0 Å². The van der Waals surface area contributed by atoms with Gasteiger partial charge in [-0.15, -0.1) is 0 Å². The lowest BCUT2D eigenvalue weighted by Gasteiger charge is -2.49. The second-order valence-electron chi connectivity index (χ2n) is 9.85. The third kappa shape index (κ3) is 6.10. The number of amides is 2. The molecule has 0 unspecified atom stereocenters. The van der Waals surface area contributed by atoms with E-state index in [9.17, 15) is 9.90 Å². The van der Waals surface area contributed by atoms with Gasteiger partial charge in [-0.2, -0.15) is 0 Å². The summed E-state index contributed by atoms with van der Waals surface area (Å²) in [5.41, 5.74) is 4.46. The van der Waals surface area contributed by atoms with Crippen molar-refractivity contribution in [1.82, 2.24) is 9.80 Å². The zero-order valence-electron chi connectivity index (χ0n) is 21.1. The van der Waals surface area contributed by atoms with Gasteiger partial charge in [-0.3, -0.25) is 0 Å². The molecule has 4 aromatic rings. The van der Waals surface area contributed by atoms with E-state index < -0.39 is 6.10 Å². The van der Waals surface area contributed by atoms with Gasteiger partial charge in [0.25, 0.3) is 0 Å². The van der Waals surface area contributed by atoms with Gasteiger partial charge in [0.2, 0.25) is 0 Å². The summed E-state index contributed by atoms with van der Waals surface area (Å²) in [7, 11) is 0. The molecule has 1 aliphatic rings. The first-order valence-corrected chi connectivity index (χ1v) is 13.1. The van der Waals surface area contributed by atoms with Crippen LogP contribution in [-0.4, -0.2) is 39.1 Å². The molecule has 2 amide bonds. The van der Waals surface area contributed by atoms with Crippen LogP contribution in [0.4, 0.5) is 4.79 Å². The molecular formula is C33H34N2O2. The van der Waals surface area contributed by atoms with Crippen molar-refractivity contribution < 1.29 is 9.90 Å². The van der Waals surface area contributed by atoms with Gasteiger partial charge in [-0.05, 0) is 41.5 Å². The first-order valence-electron chi connectivity index (χ1n) is 13.1. The molecule has 1 fully saturated rings. The minimum Gasteiger partial charge on any atom is -0.389 e. The lowest BCUT2D eigenvalue weighted by atomic mass is 9.88. The molecule has 0 aliphatic carbocycles. The quantitative estimate of drug-likeness (QED) is 0.308. The molecule has 5 rings (SSSR count). The van der Waals surface area contributed by atoms with Crippen LogP contribution in [-0.2, 0) is 25.9 Å². The molecule has 3 atom stereocenters. The van der Waals surface area contributed by atoms with Crippen molar-refractivity contribution in [3.8, 4) is 0 Å². The zero-order valence-corrected chi connectivity index (χ0v) is 21.1. The molecule has 1 heterocycles. The average molecular weight is 491 g/mol. The summed E-state index contributed by atoms with van der Waals surface area (Å²) in [5.74, 6) is 0. The van der Waals surface area contributed by atoms with Crippen molar-refractivity contribution in [2.24, 2.45) is 0 Å². The topological polar surface area (TPSA) is 43.8 Å². The van der Waals surface area contributed by atoms with Crippen molar-refractivity contribution in [3.63, 3.8) is 0 Å². The van der Waals surface area contributed by atoms with Gasteiger partial charge in [0, 0.05) is 13.1 Å². The summed E-state index contributed by atoms with van der Waals surface area (Å²) < 4.78 is 0. The van der Waals surface area contributed by atoms with E-state index >= 15 is 0 Å². The first kappa shape index (κ1) is 24.8. The smallest absolute Gasteiger partial charge is 0.321 e. The lowest BCUT2D eigenvalue weighted by molar-refractivity contribution is -0.0453. The van der Waals surface area contributed by atoms with E-state index in [-0.39, 0.29) is 18.1 Å². The Morgan fingerprint density at radius 2 is 0.946 bits per heavy atom. The van der Waals surface area contributed by atoms with E-state index in [0.29, 0.717) is 25.9 Å². The highest BCUT2D eigenvalue weighted by molar-refractivity contribution is 5.76. The van der Waals surface area contributed by atoms with E-state index in [0.717, 1.165) is 23.1 Å². The normalized spacial score (nSPS) is 19.7. The predicted octanol–water partition coefficient (Wildman–Crippen LogP) is 6.10. The highest BCUT2D eigenvalue weighted by Crippen LogP contribution is 2.31. The number of hydrogen-bond donors (Lipinski definition) is 1. The van der Waals surface area contributed by atoms with E-state index in [1.165, 1.54) is 5.56 Å². The van der Waals surface area contributed by atoms with Crippen LogP contribution >= 0.6 is 0 Å². The van der Waals surface area contributed by atoms with Crippen molar-refractivity contribution in [1.29, 1.82) is 0 Å². The van der Waals surface area contributed by atoms with Crippen LogP contribution in [0.15, 0.2) is 121 Å². The van der Waals surface area contributed by atoms with Crippen molar-refractivity contribution in [2.75, 3.05) is 0 Å². The molecule has 0 radical (unpaired) electrons. The molecule has 1 aliphatic heterocycles. The van der Waals surface area contributed by atoms with Crippen LogP contribution in [0, 0.1) is 0 Å². The third-order valence-electron chi connectivity index (χ3n) is 7.33. The predicted molar refractivity (Wildman–Crippen MR) is 148 cm³/mol. The number of carbonyl (C=O) groups excluding carboxylic acids is 1. The van der Waals surface area contributed by atoms with Crippen LogP contribution < -0.4 is 0 Å². The van der Waals surface area contributed by atoms with Crippen LogP contribution in [0.3, 0.4) is 0 Å². The van der Waals surface area contributed by atoms with E-state index in [1.54, 1.807) is 0 Å². The SMILES string of the molecule is O=C1N(Cc2ccccc2)[C@H](CCc2ccccc2)[C@@H](O)[C@@H](Cc2ccccc2)N1Cc1ccccc1. The summed E-state index contributed by atoms with van der Waals surface area (Å²) in [6.45, 7) is 0.935. The summed E-state index contributed by atoms with van der Waals surface area (Å²) >= 11 is 0. The highest BCUT2D eigenvalue weighted by Gasteiger charge is 2.45. The fourth-order valence-corrected chi connectivity index (χ4v) is 5.38. The minimum atomic E-state index is -0.686. The molecule has 4 aromatic carbocycles. The van der Waals surface area contributed by atoms with Gasteiger partial charge in [0.15, 0.2) is 0 Å². The Morgan fingerprint density at radius 1 is 0.541 bits per heavy atom. The van der Waals surface area contributed by atoms with E-state index in [4.69, 9.17) is 0 Å². The van der Waals surface area contributed by atoms with Crippen LogP contribution in [0.1, 0.15) is 28.7 Å². The number of nitrogens with zero attached hydrogens (tertiary/aromatic N) is 2. The molecule has 0 bridgehead atoms. The largest absolute Gasteiger partial charge is 0.389 e. The molecule has 1 saturated heterocycles. The Balaban J connectivity index is 1.48. The molecule has 1 N–H and O–H groups in total. The Labute approximate surface area is 219 Å². The number of carbonyl (C=O) groups is 1. The maximum Gasteiger partial charge on any atom is 0.321 e. The fraction of sp³-hybridized carbons (Fsp3) is 0.242. The van der Waals surface area contributed by atoms with Crippen LogP contribution in [0.25, 0.3) is 0 Å². The Kier molecular flexibility index (Phi) is 7.97. The van der Waals surface area contributed by atoms with Crippen LogP contribution in [0.5, 0.6) is 0 Å². The first-order chi connectivity index (χ1) is 18.2. The molecule has 0 saturated carbocycles. The van der Waals surface area contributed by atoms with Gasteiger partial charge >= 0.3 is 6.03 Å². The van der Waals surface area contributed by atoms with Gasteiger partial charge in [-0.25, -0.2) is 4.79 Å². The molecule has 37 heavy (non-hydrogen) atoms. The molecule has 0 spiro atoms. The second-order valence-corrected chi connectivity index (χ2v) is 9.85. The number of urea groups is 1. The number of hydrogen-bond acceptors (Lipinski definition) is 2. The minimum absolute atomic E-state index is 0.0167. The van der Waals surface area contributed by atoms with E-state index in [2.05, 4.69) is 24.3 Å². The second kappa shape index (κ2) is 11.9. The number of aryl methyl sites for hydroxylation is 1. The fourth-order valence-electron chi connectivity index (χ4n) is 5.38. The number of aliphatic hydroxyl groups excluding tert-OH is 1.